The molecule has 0 saturated heterocycles. The second-order valence-electron chi connectivity index (χ2n) is 6.58. The fourth-order valence-electron chi connectivity index (χ4n) is 3.42. The molecule has 25 heavy (non-hydrogen) atoms. The number of rotatable bonds is 5. The van der Waals surface area contributed by atoms with Crippen LogP contribution in [0.4, 0.5) is 0 Å². The van der Waals surface area contributed by atoms with Crippen LogP contribution in [0, 0.1) is 0 Å². The summed E-state index contributed by atoms with van der Waals surface area (Å²) in [5, 5.41) is 17.9. The van der Waals surface area contributed by atoms with E-state index in [2.05, 4.69) is 10.6 Å². The van der Waals surface area contributed by atoms with Gasteiger partial charge >= 0.3 is 11.8 Å². The van der Waals surface area contributed by atoms with E-state index in [0.717, 1.165) is 42.0 Å². The van der Waals surface area contributed by atoms with E-state index in [0.29, 0.717) is 6.42 Å². The summed E-state index contributed by atoms with van der Waals surface area (Å²) in [5.41, 5.74) is 0.836. The molecule has 3 rings (SSSR count). The number of carbonyl (C=O) groups excluding carboxylic acids is 2. The minimum absolute atomic E-state index is 0.125. The van der Waals surface area contributed by atoms with Crippen LogP contribution in [-0.2, 0) is 9.59 Å². The molecule has 3 N–H and O–H groups in total. The van der Waals surface area contributed by atoms with Crippen LogP contribution in [0.25, 0.3) is 10.8 Å². The second-order valence-corrected chi connectivity index (χ2v) is 6.58. The number of hydrogen-bond donors (Lipinski definition) is 3. The van der Waals surface area contributed by atoms with Crippen molar-refractivity contribution in [2.24, 2.45) is 0 Å². The molecule has 132 valence electrons. The van der Waals surface area contributed by atoms with Gasteiger partial charge in [-0.15, -0.1) is 0 Å². The van der Waals surface area contributed by atoms with Gasteiger partial charge in [0.1, 0.15) is 0 Å². The summed E-state index contributed by atoms with van der Waals surface area (Å²) in [6.45, 7) is 0.251. The molecule has 5 heteroatoms. The van der Waals surface area contributed by atoms with Gasteiger partial charge in [-0.25, -0.2) is 0 Å². The molecule has 1 aliphatic carbocycles. The Hall–Kier alpha value is -2.40. The number of amides is 2. The van der Waals surface area contributed by atoms with Crippen LogP contribution in [0.3, 0.4) is 0 Å². The summed E-state index contributed by atoms with van der Waals surface area (Å²) in [6.07, 6.45) is 3.76. The SMILES string of the molecule is O=C(NCCC(O)c1cccc2ccccc12)C(=O)NC1CCCC1. The summed E-state index contributed by atoms with van der Waals surface area (Å²) in [7, 11) is 0. The Bertz CT molecular complexity index is 748. The normalized spacial score (nSPS) is 15.9. The zero-order valence-electron chi connectivity index (χ0n) is 14.2. The maximum Gasteiger partial charge on any atom is 0.309 e. The molecule has 0 aromatic heterocycles. The molecule has 2 aromatic carbocycles. The number of aliphatic hydroxyl groups excluding tert-OH is 1. The highest BCUT2D eigenvalue weighted by atomic mass is 16.3. The highest BCUT2D eigenvalue weighted by Crippen LogP contribution is 2.25. The first kappa shape index (κ1) is 17.4. The molecule has 2 aromatic rings. The van der Waals surface area contributed by atoms with Crippen LogP contribution >= 0.6 is 0 Å². The van der Waals surface area contributed by atoms with Crippen LogP contribution in [0.1, 0.15) is 43.8 Å². The molecule has 0 bridgehead atoms. The predicted octanol–water partition coefficient (Wildman–Crippen LogP) is 2.44. The van der Waals surface area contributed by atoms with Crippen molar-refractivity contribution in [2.75, 3.05) is 6.54 Å². The lowest BCUT2D eigenvalue weighted by molar-refractivity contribution is -0.139. The lowest BCUT2D eigenvalue weighted by atomic mass is 9.99. The first-order chi connectivity index (χ1) is 12.1. The maximum atomic E-state index is 11.9. The highest BCUT2D eigenvalue weighted by Gasteiger charge is 2.21. The Morgan fingerprint density at radius 2 is 1.76 bits per heavy atom. The van der Waals surface area contributed by atoms with Gasteiger partial charge in [-0.05, 0) is 35.6 Å². The first-order valence-electron chi connectivity index (χ1n) is 8.89. The lowest BCUT2D eigenvalue weighted by Crippen LogP contribution is -2.44. The fourth-order valence-corrected chi connectivity index (χ4v) is 3.42. The summed E-state index contributed by atoms with van der Waals surface area (Å²) in [5.74, 6) is -1.21. The van der Waals surface area contributed by atoms with Gasteiger partial charge in [0.15, 0.2) is 0 Å². The van der Waals surface area contributed by atoms with Gasteiger partial charge < -0.3 is 15.7 Å². The Kier molecular flexibility index (Phi) is 5.66. The highest BCUT2D eigenvalue weighted by molar-refractivity contribution is 6.35. The van der Waals surface area contributed by atoms with Crippen LogP contribution < -0.4 is 10.6 Å². The van der Waals surface area contributed by atoms with Gasteiger partial charge in [0.2, 0.25) is 0 Å². The van der Waals surface area contributed by atoms with Gasteiger partial charge in [0.05, 0.1) is 6.10 Å². The molecule has 1 fully saturated rings. The van der Waals surface area contributed by atoms with Crippen molar-refractivity contribution in [1.29, 1.82) is 0 Å². The molecule has 0 aliphatic heterocycles. The van der Waals surface area contributed by atoms with Crippen molar-refractivity contribution < 1.29 is 14.7 Å². The molecular formula is C20H24N2O3. The zero-order valence-corrected chi connectivity index (χ0v) is 14.2. The fraction of sp³-hybridized carbons (Fsp3) is 0.400. The van der Waals surface area contributed by atoms with E-state index in [-0.39, 0.29) is 12.6 Å². The quantitative estimate of drug-likeness (QED) is 0.732. The largest absolute Gasteiger partial charge is 0.388 e. The molecule has 1 aliphatic rings. The molecule has 0 spiro atoms. The van der Waals surface area contributed by atoms with Gasteiger partial charge in [0.25, 0.3) is 0 Å². The van der Waals surface area contributed by atoms with Crippen LogP contribution in [-0.4, -0.2) is 29.5 Å². The molecule has 2 amide bonds. The van der Waals surface area contributed by atoms with E-state index >= 15 is 0 Å². The molecule has 1 unspecified atom stereocenters. The predicted molar refractivity (Wildman–Crippen MR) is 96.9 cm³/mol. The molecule has 1 saturated carbocycles. The summed E-state index contributed by atoms with van der Waals surface area (Å²) in [6, 6.07) is 13.8. The molecular weight excluding hydrogens is 316 g/mol. The molecule has 0 radical (unpaired) electrons. The number of carbonyl (C=O) groups is 2. The standard InChI is InChI=1S/C20H24N2O3/c23-18(17-11-5-7-14-6-1-4-10-16(14)17)12-13-21-19(24)20(25)22-15-8-2-3-9-15/h1,4-7,10-11,15,18,23H,2-3,8-9,12-13H2,(H,21,24)(H,22,25). The van der Waals surface area contributed by atoms with Gasteiger partial charge in [0, 0.05) is 12.6 Å². The van der Waals surface area contributed by atoms with Crippen LogP contribution in [0.2, 0.25) is 0 Å². The zero-order chi connectivity index (χ0) is 17.6. The van der Waals surface area contributed by atoms with E-state index in [1.54, 1.807) is 0 Å². The van der Waals surface area contributed by atoms with Gasteiger partial charge in [-0.2, -0.15) is 0 Å². The third-order valence-electron chi connectivity index (χ3n) is 4.78. The minimum Gasteiger partial charge on any atom is -0.388 e. The monoisotopic (exact) mass is 340 g/mol. The second kappa shape index (κ2) is 8.12. The Morgan fingerprint density at radius 1 is 1.04 bits per heavy atom. The van der Waals surface area contributed by atoms with E-state index in [1.807, 2.05) is 42.5 Å². The molecule has 5 nitrogen and oxygen atoms in total. The van der Waals surface area contributed by atoms with Crippen molar-refractivity contribution in [3.63, 3.8) is 0 Å². The van der Waals surface area contributed by atoms with Crippen molar-refractivity contribution in [2.45, 2.75) is 44.2 Å². The van der Waals surface area contributed by atoms with Crippen LogP contribution in [0.15, 0.2) is 42.5 Å². The van der Waals surface area contributed by atoms with Crippen molar-refractivity contribution >= 4 is 22.6 Å². The number of aliphatic hydroxyl groups is 1. The van der Waals surface area contributed by atoms with Crippen molar-refractivity contribution in [3.05, 3.63) is 48.0 Å². The third kappa shape index (κ3) is 4.37. The summed E-state index contributed by atoms with van der Waals surface area (Å²) < 4.78 is 0. The third-order valence-corrected chi connectivity index (χ3v) is 4.78. The van der Waals surface area contributed by atoms with E-state index < -0.39 is 17.9 Å². The van der Waals surface area contributed by atoms with Crippen LogP contribution in [0.5, 0.6) is 0 Å². The number of fused-ring (bicyclic) bond motifs is 1. The Balaban J connectivity index is 1.51. The van der Waals surface area contributed by atoms with E-state index in [4.69, 9.17) is 0 Å². The van der Waals surface area contributed by atoms with E-state index in [9.17, 15) is 14.7 Å². The Morgan fingerprint density at radius 3 is 2.56 bits per heavy atom. The molecule has 0 heterocycles. The smallest absolute Gasteiger partial charge is 0.309 e. The van der Waals surface area contributed by atoms with Crippen molar-refractivity contribution in [1.82, 2.24) is 10.6 Å². The minimum atomic E-state index is -0.690. The van der Waals surface area contributed by atoms with Gasteiger partial charge in [-0.3, -0.25) is 9.59 Å². The number of benzene rings is 2. The summed E-state index contributed by atoms with van der Waals surface area (Å²) >= 11 is 0. The topological polar surface area (TPSA) is 78.4 Å². The average Bonchev–Trinajstić information content (AvgIpc) is 3.14. The molecule has 1 atom stereocenters. The van der Waals surface area contributed by atoms with Crippen molar-refractivity contribution in [3.8, 4) is 0 Å². The van der Waals surface area contributed by atoms with E-state index in [1.165, 1.54) is 0 Å². The maximum absolute atomic E-state index is 11.9. The van der Waals surface area contributed by atoms with Gasteiger partial charge in [-0.1, -0.05) is 55.3 Å². The number of nitrogens with one attached hydrogen (secondary N) is 2. The lowest BCUT2D eigenvalue weighted by Gasteiger charge is -2.15. The average molecular weight is 340 g/mol. The Labute approximate surface area is 147 Å². The first-order valence-corrected chi connectivity index (χ1v) is 8.89. The summed E-state index contributed by atoms with van der Waals surface area (Å²) in [4.78, 5) is 23.7. The number of hydrogen-bond acceptors (Lipinski definition) is 3.